The van der Waals surface area contributed by atoms with Crippen LogP contribution in [0, 0.1) is 5.92 Å². The van der Waals surface area contributed by atoms with Crippen LogP contribution in [0.2, 0.25) is 0 Å². The van der Waals surface area contributed by atoms with E-state index in [0.29, 0.717) is 6.04 Å². The van der Waals surface area contributed by atoms with E-state index in [4.69, 9.17) is 4.74 Å². The summed E-state index contributed by atoms with van der Waals surface area (Å²) in [4.78, 5) is 4.92. The molecular weight excluding hydrogens is 224 g/mol. The molecule has 0 spiro atoms. The van der Waals surface area contributed by atoms with Crippen molar-refractivity contribution < 1.29 is 4.74 Å². The van der Waals surface area contributed by atoms with Crippen LogP contribution in [-0.4, -0.2) is 62.3 Å². The molecule has 3 heteroatoms. The zero-order valence-electron chi connectivity index (χ0n) is 12.8. The van der Waals surface area contributed by atoms with Crippen LogP contribution in [0.5, 0.6) is 0 Å². The maximum Gasteiger partial charge on any atom is 0.0593 e. The summed E-state index contributed by atoms with van der Waals surface area (Å²) in [5.41, 5.74) is 0. The van der Waals surface area contributed by atoms with Gasteiger partial charge in [-0.2, -0.15) is 0 Å². The largest absolute Gasteiger partial charge is 0.380 e. The van der Waals surface area contributed by atoms with Crippen LogP contribution in [0.1, 0.15) is 40.0 Å². The van der Waals surface area contributed by atoms with E-state index in [0.717, 1.165) is 25.7 Å². The Bertz CT molecular complexity index is 201. The molecule has 0 saturated carbocycles. The first-order valence-corrected chi connectivity index (χ1v) is 7.63. The summed E-state index contributed by atoms with van der Waals surface area (Å²) in [6.07, 6.45) is 3.84. The van der Waals surface area contributed by atoms with Crippen LogP contribution < -0.4 is 0 Å². The van der Waals surface area contributed by atoms with E-state index in [2.05, 4.69) is 37.6 Å². The fourth-order valence-corrected chi connectivity index (χ4v) is 2.60. The van der Waals surface area contributed by atoms with Gasteiger partial charge in [-0.1, -0.05) is 6.92 Å². The van der Waals surface area contributed by atoms with Gasteiger partial charge in [-0.25, -0.2) is 0 Å². The third-order valence-electron chi connectivity index (χ3n) is 3.96. The molecule has 1 heterocycles. The Morgan fingerprint density at radius 2 is 1.89 bits per heavy atom. The molecule has 0 atom stereocenters. The Kier molecular flexibility index (Phi) is 7.87. The highest BCUT2D eigenvalue weighted by molar-refractivity contribution is 4.74. The molecule has 0 aromatic heterocycles. The molecule has 0 aromatic rings. The third kappa shape index (κ3) is 6.17. The van der Waals surface area contributed by atoms with Gasteiger partial charge in [0.05, 0.1) is 6.61 Å². The van der Waals surface area contributed by atoms with Gasteiger partial charge in [-0.15, -0.1) is 0 Å². The number of rotatable bonds is 8. The standard InChI is InChI=1S/C15H32N2O/c1-5-8-16(4)11-12-18-13-15-6-9-17(10-7-15)14(2)3/h14-15H,5-13H2,1-4H3. The molecule has 1 saturated heterocycles. The van der Waals surface area contributed by atoms with Gasteiger partial charge in [0.2, 0.25) is 0 Å². The highest BCUT2D eigenvalue weighted by atomic mass is 16.5. The van der Waals surface area contributed by atoms with Crippen LogP contribution in [0.15, 0.2) is 0 Å². The SMILES string of the molecule is CCCN(C)CCOCC1CCN(C(C)C)CC1. The highest BCUT2D eigenvalue weighted by Crippen LogP contribution is 2.18. The lowest BCUT2D eigenvalue weighted by atomic mass is 9.97. The van der Waals surface area contributed by atoms with Crippen LogP contribution in [0.4, 0.5) is 0 Å². The molecule has 0 unspecified atom stereocenters. The third-order valence-corrected chi connectivity index (χ3v) is 3.96. The van der Waals surface area contributed by atoms with Crippen LogP contribution in [0.3, 0.4) is 0 Å². The Hall–Kier alpha value is -0.120. The number of hydrogen-bond donors (Lipinski definition) is 0. The first kappa shape index (κ1) is 15.9. The molecule has 1 rings (SSSR count). The number of likely N-dealkylation sites (tertiary alicyclic amines) is 1. The van der Waals surface area contributed by atoms with Gasteiger partial charge in [-0.3, -0.25) is 0 Å². The molecule has 1 aliphatic heterocycles. The number of piperidine rings is 1. The van der Waals surface area contributed by atoms with E-state index >= 15 is 0 Å². The van der Waals surface area contributed by atoms with E-state index < -0.39 is 0 Å². The lowest BCUT2D eigenvalue weighted by molar-refractivity contribution is 0.0510. The van der Waals surface area contributed by atoms with Crippen molar-refractivity contribution in [3.8, 4) is 0 Å². The Morgan fingerprint density at radius 1 is 1.22 bits per heavy atom. The van der Waals surface area contributed by atoms with E-state index in [9.17, 15) is 0 Å². The molecule has 0 bridgehead atoms. The molecule has 1 fully saturated rings. The van der Waals surface area contributed by atoms with Crippen LogP contribution in [-0.2, 0) is 4.74 Å². The fraction of sp³-hybridized carbons (Fsp3) is 1.00. The van der Waals surface area contributed by atoms with Crippen molar-refractivity contribution in [2.45, 2.75) is 46.1 Å². The monoisotopic (exact) mass is 256 g/mol. The van der Waals surface area contributed by atoms with Crippen molar-refractivity contribution in [1.29, 1.82) is 0 Å². The van der Waals surface area contributed by atoms with Crippen molar-refractivity contribution >= 4 is 0 Å². The Labute approximate surface area is 113 Å². The quantitative estimate of drug-likeness (QED) is 0.621. The molecule has 1 aliphatic rings. The lowest BCUT2D eigenvalue weighted by Crippen LogP contribution is -2.39. The second kappa shape index (κ2) is 8.89. The van der Waals surface area contributed by atoms with E-state index in [-0.39, 0.29) is 0 Å². The van der Waals surface area contributed by atoms with Crippen LogP contribution in [0.25, 0.3) is 0 Å². The molecule has 0 aliphatic carbocycles. The Balaban J connectivity index is 2.01. The molecule has 0 N–H and O–H groups in total. The van der Waals surface area contributed by atoms with Gasteiger partial charge < -0.3 is 14.5 Å². The molecule has 108 valence electrons. The summed E-state index contributed by atoms with van der Waals surface area (Å²) >= 11 is 0. The minimum absolute atomic E-state index is 0.703. The number of likely N-dealkylation sites (N-methyl/N-ethyl adjacent to an activating group) is 1. The summed E-state index contributed by atoms with van der Waals surface area (Å²) in [5, 5.41) is 0. The van der Waals surface area contributed by atoms with Gasteiger partial charge in [0.15, 0.2) is 0 Å². The zero-order chi connectivity index (χ0) is 13.4. The number of nitrogens with zero attached hydrogens (tertiary/aromatic N) is 2. The predicted octanol–water partition coefficient (Wildman–Crippen LogP) is 2.47. The zero-order valence-corrected chi connectivity index (χ0v) is 12.8. The maximum absolute atomic E-state index is 5.83. The van der Waals surface area contributed by atoms with E-state index in [1.807, 2.05) is 0 Å². The molecular formula is C15H32N2O. The van der Waals surface area contributed by atoms with Crippen molar-refractivity contribution in [3.63, 3.8) is 0 Å². The Morgan fingerprint density at radius 3 is 2.44 bits per heavy atom. The minimum atomic E-state index is 0.703. The second-order valence-corrected chi connectivity index (χ2v) is 5.95. The molecule has 0 amide bonds. The normalized spacial score (nSPS) is 19.0. The van der Waals surface area contributed by atoms with Crippen molar-refractivity contribution in [1.82, 2.24) is 9.80 Å². The average Bonchev–Trinajstić information content (AvgIpc) is 2.35. The smallest absolute Gasteiger partial charge is 0.0593 e. The fourth-order valence-electron chi connectivity index (χ4n) is 2.60. The van der Waals surface area contributed by atoms with Crippen molar-refractivity contribution in [2.75, 3.05) is 46.4 Å². The molecule has 3 nitrogen and oxygen atoms in total. The van der Waals surface area contributed by atoms with Gasteiger partial charge >= 0.3 is 0 Å². The summed E-state index contributed by atoms with van der Waals surface area (Å²) in [6.45, 7) is 13.4. The van der Waals surface area contributed by atoms with E-state index in [1.54, 1.807) is 0 Å². The minimum Gasteiger partial charge on any atom is -0.380 e. The van der Waals surface area contributed by atoms with Gasteiger partial charge in [-0.05, 0) is 65.7 Å². The van der Waals surface area contributed by atoms with Crippen molar-refractivity contribution in [3.05, 3.63) is 0 Å². The molecule has 18 heavy (non-hydrogen) atoms. The van der Waals surface area contributed by atoms with Crippen LogP contribution >= 0.6 is 0 Å². The topological polar surface area (TPSA) is 15.7 Å². The number of ether oxygens (including phenoxy) is 1. The summed E-state index contributed by atoms with van der Waals surface area (Å²) in [7, 11) is 2.17. The van der Waals surface area contributed by atoms with Gasteiger partial charge in [0.25, 0.3) is 0 Å². The average molecular weight is 256 g/mol. The molecule has 0 aromatic carbocycles. The van der Waals surface area contributed by atoms with Gasteiger partial charge in [0, 0.05) is 19.2 Å². The predicted molar refractivity (Wildman–Crippen MR) is 78.0 cm³/mol. The summed E-state index contributed by atoms with van der Waals surface area (Å²) in [5.74, 6) is 0.788. The molecule has 0 radical (unpaired) electrons. The van der Waals surface area contributed by atoms with E-state index in [1.165, 1.54) is 38.9 Å². The summed E-state index contributed by atoms with van der Waals surface area (Å²) in [6, 6.07) is 0.703. The first-order chi connectivity index (χ1) is 8.63. The number of hydrogen-bond acceptors (Lipinski definition) is 3. The van der Waals surface area contributed by atoms with Gasteiger partial charge in [0.1, 0.15) is 0 Å². The van der Waals surface area contributed by atoms with Crippen molar-refractivity contribution in [2.24, 2.45) is 5.92 Å². The second-order valence-electron chi connectivity index (χ2n) is 5.95. The maximum atomic E-state index is 5.83. The summed E-state index contributed by atoms with van der Waals surface area (Å²) < 4.78 is 5.83. The highest BCUT2D eigenvalue weighted by Gasteiger charge is 2.20. The lowest BCUT2D eigenvalue weighted by Gasteiger charge is -2.34. The first-order valence-electron chi connectivity index (χ1n) is 7.63.